The van der Waals surface area contributed by atoms with Gasteiger partial charge < -0.3 is 15.2 Å². The first kappa shape index (κ1) is 11.9. The van der Waals surface area contributed by atoms with E-state index in [0.717, 1.165) is 0 Å². The highest BCUT2D eigenvalue weighted by atomic mass is 16.7. The van der Waals surface area contributed by atoms with Gasteiger partial charge in [0.05, 0.1) is 5.54 Å². The predicted molar refractivity (Wildman–Crippen MR) is 56.1 cm³/mol. The molecular weight excluding hydrogens is 180 g/mol. The van der Waals surface area contributed by atoms with Gasteiger partial charge in [0.2, 0.25) is 0 Å². The van der Waals surface area contributed by atoms with Crippen LogP contribution in [-0.4, -0.2) is 50.6 Å². The lowest BCUT2D eigenvalue weighted by Gasteiger charge is -2.42. The minimum absolute atomic E-state index is 0.231. The molecule has 14 heavy (non-hydrogen) atoms. The van der Waals surface area contributed by atoms with Crippen LogP contribution in [0.15, 0.2) is 0 Å². The fraction of sp³-hybridized carbons (Fsp3) is 1.00. The molecule has 0 heterocycles. The average Bonchev–Trinajstić information content (AvgIpc) is 3.01. The van der Waals surface area contributed by atoms with Gasteiger partial charge in [0.1, 0.15) is 0 Å². The number of nitrogens with two attached hydrogens (primary N) is 1. The van der Waals surface area contributed by atoms with Gasteiger partial charge in [-0.25, -0.2) is 0 Å². The van der Waals surface area contributed by atoms with E-state index in [1.165, 1.54) is 12.8 Å². The van der Waals surface area contributed by atoms with Crippen LogP contribution in [0.3, 0.4) is 0 Å². The lowest BCUT2D eigenvalue weighted by Crippen LogP contribution is -2.59. The fourth-order valence-electron chi connectivity index (χ4n) is 1.89. The smallest absolute Gasteiger partial charge is 0.176 e. The van der Waals surface area contributed by atoms with Crippen LogP contribution >= 0.6 is 0 Å². The van der Waals surface area contributed by atoms with Gasteiger partial charge >= 0.3 is 0 Å². The zero-order valence-electron chi connectivity index (χ0n) is 9.62. The molecule has 1 unspecified atom stereocenters. The van der Waals surface area contributed by atoms with Gasteiger partial charge in [-0.3, -0.25) is 4.90 Å². The Balaban J connectivity index is 2.70. The fourth-order valence-corrected chi connectivity index (χ4v) is 1.89. The second-order valence-electron chi connectivity index (χ2n) is 4.21. The Hall–Kier alpha value is -0.160. The second kappa shape index (κ2) is 4.57. The summed E-state index contributed by atoms with van der Waals surface area (Å²) < 4.78 is 10.6. The SMILES string of the molecule is COC(OC)C(C)(CN)N(C)C1CC1. The van der Waals surface area contributed by atoms with Crippen LogP contribution in [0, 0.1) is 0 Å². The quantitative estimate of drug-likeness (QED) is 0.634. The van der Waals surface area contributed by atoms with Crippen molar-refractivity contribution in [3.05, 3.63) is 0 Å². The van der Waals surface area contributed by atoms with Crippen LogP contribution in [0.1, 0.15) is 19.8 Å². The maximum Gasteiger partial charge on any atom is 0.176 e. The molecule has 0 aromatic heterocycles. The Labute approximate surface area is 86.3 Å². The molecule has 0 spiro atoms. The maximum absolute atomic E-state index is 5.82. The van der Waals surface area contributed by atoms with Gasteiger partial charge in [-0.1, -0.05) is 0 Å². The number of hydrogen-bond donors (Lipinski definition) is 1. The summed E-state index contributed by atoms with van der Waals surface area (Å²) in [6.07, 6.45) is 2.25. The Morgan fingerprint density at radius 1 is 1.43 bits per heavy atom. The molecule has 1 fully saturated rings. The third-order valence-corrected chi connectivity index (χ3v) is 3.25. The molecule has 0 radical (unpaired) electrons. The van der Waals surface area contributed by atoms with Crippen molar-refractivity contribution in [2.24, 2.45) is 5.73 Å². The molecule has 2 N–H and O–H groups in total. The summed E-state index contributed by atoms with van der Waals surface area (Å²) in [6, 6.07) is 0.649. The topological polar surface area (TPSA) is 47.7 Å². The van der Waals surface area contributed by atoms with E-state index in [1.54, 1.807) is 14.2 Å². The number of nitrogens with zero attached hydrogens (tertiary/aromatic N) is 1. The van der Waals surface area contributed by atoms with Crippen molar-refractivity contribution >= 4 is 0 Å². The van der Waals surface area contributed by atoms with Crippen LogP contribution < -0.4 is 5.73 Å². The molecule has 1 atom stereocenters. The van der Waals surface area contributed by atoms with Crippen molar-refractivity contribution in [1.82, 2.24) is 4.90 Å². The molecule has 0 bridgehead atoms. The van der Waals surface area contributed by atoms with Gasteiger partial charge in [0.25, 0.3) is 0 Å². The van der Waals surface area contributed by atoms with Crippen LogP contribution in [0.5, 0.6) is 0 Å². The first-order valence-electron chi connectivity index (χ1n) is 5.08. The van der Waals surface area contributed by atoms with Gasteiger partial charge in [0.15, 0.2) is 6.29 Å². The summed E-state index contributed by atoms with van der Waals surface area (Å²) in [5.41, 5.74) is 5.59. The van der Waals surface area contributed by atoms with E-state index in [-0.39, 0.29) is 11.8 Å². The van der Waals surface area contributed by atoms with Gasteiger partial charge in [0, 0.05) is 26.8 Å². The van der Waals surface area contributed by atoms with E-state index in [1.807, 2.05) is 0 Å². The van der Waals surface area contributed by atoms with E-state index in [4.69, 9.17) is 15.2 Å². The molecule has 1 aliphatic rings. The van der Waals surface area contributed by atoms with Crippen molar-refractivity contribution in [2.45, 2.75) is 37.6 Å². The molecule has 0 aromatic rings. The first-order valence-corrected chi connectivity index (χ1v) is 5.08. The predicted octanol–water partition coefficient (Wildman–Crippen LogP) is 0.417. The summed E-state index contributed by atoms with van der Waals surface area (Å²) in [5.74, 6) is 0. The normalized spacial score (nSPS) is 21.6. The van der Waals surface area contributed by atoms with E-state index >= 15 is 0 Å². The minimum Gasteiger partial charge on any atom is -0.354 e. The lowest BCUT2D eigenvalue weighted by atomic mass is 9.99. The van der Waals surface area contributed by atoms with E-state index < -0.39 is 0 Å². The minimum atomic E-state index is -0.266. The second-order valence-corrected chi connectivity index (χ2v) is 4.21. The van der Waals surface area contributed by atoms with Crippen molar-refractivity contribution in [1.29, 1.82) is 0 Å². The molecule has 1 aliphatic carbocycles. The zero-order valence-corrected chi connectivity index (χ0v) is 9.62. The van der Waals surface area contributed by atoms with Crippen LogP contribution in [0.4, 0.5) is 0 Å². The van der Waals surface area contributed by atoms with Crippen molar-refractivity contribution in [2.75, 3.05) is 27.8 Å². The Morgan fingerprint density at radius 3 is 2.21 bits per heavy atom. The summed E-state index contributed by atoms with van der Waals surface area (Å²) in [6.45, 7) is 2.62. The highest BCUT2D eigenvalue weighted by Gasteiger charge is 2.43. The monoisotopic (exact) mass is 202 g/mol. The Kier molecular flexibility index (Phi) is 3.89. The highest BCUT2D eigenvalue weighted by molar-refractivity contribution is 4.97. The number of likely N-dealkylation sites (N-methyl/N-ethyl adjacent to an activating group) is 1. The molecule has 0 aromatic carbocycles. The number of rotatable bonds is 6. The van der Waals surface area contributed by atoms with Gasteiger partial charge in [-0.05, 0) is 26.8 Å². The van der Waals surface area contributed by atoms with E-state index in [9.17, 15) is 0 Å². The summed E-state index contributed by atoms with van der Waals surface area (Å²) in [7, 11) is 5.40. The summed E-state index contributed by atoms with van der Waals surface area (Å²) in [4.78, 5) is 2.28. The van der Waals surface area contributed by atoms with Crippen LogP contribution in [-0.2, 0) is 9.47 Å². The van der Waals surface area contributed by atoms with Crippen molar-refractivity contribution in [3.8, 4) is 0 Å². The Morgan fingerprint density at radius 2 is 1.93 bits per heavy atom. The van der Waals surface area contributed by atoms with Crippen molar-refractivity contribution < 1.29 is 9.47 Å². The number of methoxy groups -OCH3 is 2. The van der Waals surface area contributed by atoms with Crippen molar-refractivity contribution in [3.63, 3.8) is 0 Å². The molecule has 4 heteroatoms. The van der Waals surface area contributed by atoms with Crippen LogP contribution in [0.2, 0.25) is 0 Å². The molecule has 4 nitrogen and oxygen atoms in total. The van der Waals surface area contributed by atoms with Crippen LogP contribution in [0.25, 0.3) is 0 Å². The van der Waals surface area contributed by atoms with Gasteiger partial charge in [-0.15, -0.1) is 0 Å². The lowest BCUT2D eigenvalue weighted by molar-refractivity contribution is -0.178. The molecule has 0 aliphatic heterocycles. The van der Waals surface area contributed by atoms with Gasteiger partial charge in [-0.2, -0.15) is 0 Å². The first-order chi connectivity index (χ1) is 6.60. The largest absolute Gasteiger partial charge is 0.354 e. The molecule has 1 saturated carbocycles. The molecule has 1 rings (SSSR count). The molecule has 84 valence electrons. The Bertz CT molecular complexity index is 177. The zero-order chi connectivity index (χ0) is 10.8. The number of hydrogen-bond acceptors (Lipinski definition) is 4. The highest BCUT2D eigenvalue weighted by Crippen LogP contribution is 2.33. The number of ether oxygens (including phenoxy) is 2. The summed E-state index contributed by atoms with van der Waals surface area (Å²) in [5, 5.41) is 0. The molecule has 0 saturated heterocycles. The third-order valence-electron chi connectivity index (χ3n) is 3.25. The molecular formula is C10H22N2O2. The van der Waals surface area contributed by atoms with E-state index in [0.29, 0.717) is 12.6 Å². The standard InChI is InChI=1S/C10H22N2O2/c1-10(7-11,9(13-3)14-4)12(2)8-5-6-8/h8-9H,5-7,11H2,1-4H3. The molecule has 0 amide bonds. The third kappa shape index (κ3) is 2.08. The average molecular weight is 202 g/mol. The summed E-state index contributed by atoms with van der Waals surface area (Å²) >= 11 is 0. The van der Waals surface area contributed by atoms with E-state index in [2.05, 4.69) is 18.9 Å². The maximum atomic E-state index is 5.82.